The van der Waals surface area contributed by atoms with Gasteiger partial charge in [0.1, 0.15) is 0 Å². The number of carbonyl (C=O) groups excluding carboxylic acids is 1. The summed E-state index contributed by atoms with van der Waals surface area (Å²) < 4.78 is 16.9. The van der Waals surface area contributed by atoms with Crippen LogP contribution in [0, 0.1) is 0 Å². The molecule has 3 aromatic carbocycles. The second-order valence-electron chi connectivity index (χ2n) is 8.92. The fraction of sp³-hybridized carbons (Fsp3) is 0.276. The molecule has 0 aliphatic heterocycles. The number of carboxylic acid groups (broad SMARTS) is 1. The third-order valence-corrected chi connectivity index (χ3v) is 6.60. The third kappa shape index (κ3) is 5.13. The number of methoxy groups -OCH3 is 3. The van der Waals surface area contributed by atoms with Gasteiger partial charge in [0.25, 0.3) is 0 Å². The van der Waals surface area contributed by atoms with Crippen LogP contribution >= 0.6 is 0 Å². The number of fused-ring (bicyclic) bond motifs is 3. The highest BCUT2D eigenvalue weighted by molar-refractivity contribution is 5.84. The fourth-order valence-electron chi connectivity index (χ4n) is 4.92. The zero-order valence-electron chi connectivity index (χ0n) is 21.7. The summed E-state index contributed by atoms with van der Waals surface area (Å²) in [6.45, 7) is 1.43. The van der Waals surface area contributed by atoms with Crippen LogP contribution in [0.5, 0.6) is 17.2 Å². The Hall–Kier alpha value is -4.53. The maximum Gasteiger partial charge on any atom is 0.330 e. The molecule has 38 heavy (non-hydrogen) atoms. The highest BCUT2D eigenvalue weighted by Crippen LogP contribution is 2.50. The number of carboxylic acids is 1. The van der Waals surface area contributed by atoms with Gasteiger partial charge in [-0.05, 0) is 53.3 Å². The first-order chi connectivity index (χ1) is 18.3. The Morgan fingerprint density at radius 3 is 2.29 bits per heavy atom. The normalized spacial score (nSPS) is 14.7. The number of aryl methyl sites for hydroxylation is 1. The molecule has 4 rings (SSSR count). The minimum absolute atomic E-state index is 0.108. The molecule has 0 saturated carbocycles. The number of carbonyl (C=O) groups is 2. The number of amides is 1. The number of nitrogens with one attached hydrogen (secondary N) is 2. The van der Waals surface area contributed by atoms with Gasteiger partial charge in [-0.25, -0.2) is 4.79 Å². The van der Waals surface area contributed by atoms with Gasteiger partial charge >= 0.3 is 5.97 Å². The monoisotopic (exact) mass is 518 g/mol. The maximum absolute atomic E-state index is 13.5. The van der Waals surface area contributed by atoms with Crippen molar-refractivity contribution in [1.82, 2.24) is 5.32 Å². The number of hydrogen-bond acceptors (Lipinski definition) is 7. The highest BCUT2D eigenvalue weighted by Gasteiger charge is 2.30. The van der Waals surface area contributed by atoms with Crippen LogP contribution in [0.2, 0.25) is 0 Å². The van der Waals surface area contributed by atoms with Gasteiger partial charge in [-0.15, -0.1) is 0 Å². The van der Waals surface area contributed by atoms with Gasteiger partial charge in [0.2, 0.25) is 17.1 Å². The molecule has 3 aromatic rings. The second-order valence-corrected chi connectivity index (χ2v) is 8.92. The maximum atomic E-state index is 13.5. The minimum Gasteiger partial charge on any atom is -0.493 e. The standard InChI is InChI=1S/C29H30N2O7/c1-16(32)30-21-12-10-18-14-24(36-2)27(37-3)28(38-4)25(18)19-11-13-22(23(33)15-20(19)21)31-26(29(34)35)17-8-6-5-7-9-17/h5-9,11,13-15,21,26H,10,12H2,1-4H3,(H,30,32)(H,31,33)(H,34,35)/t21-,26+/m0/s1. The second kappa shape index (κ2) is 11.2. The van der Waals surface area contributed by atoms with Crippen molar-refractivity contribution in [2.75, 3.05) is 26.6 Å². The van der Waals surface area contributed by atoms with Gasteiger partial charge < -0.3 is 30.0 Å². The van der Waals surface area contributed by atoms with Crippen molar-refractivity contribution < 1.29 is 28.9 Å². The van der Waals surface area contributed by atoms with E-state index in [1.807, 2.05) is 6.07 Å². The van der Waals surface area contributed by atoms with Gasteiger partial charge in [-0.3, -0.25) is 9.59 Å². The molecule has 1 aliphatic rings. The third-order valence-electron chi connectivity index (χ3n) is 6.60. The van der Waals surface area contributed by atoms with E-state index in [1.165, 1.54) is 27.2 Å². The summed E-state index contributed by atoms with van der Waals surface area (Å²) in [5.41, 5.74) is 3.07. The average molecular weight is 519 g/mol. The van der Waals surface area contributed by atoms with Crippen LogP contribution in [-0.2, 0) is 16.0 Å². The van der Waals surface area contributed by atoms with Crippen molar-refractivity contribution in [2.45, 2.75) is 31.8 Å². The summed E-state index contributed by atoms with van der Waals surface area (Å²) in [6, 6.07) is 13.7. The Morgan fingerprint density at radius 2 is 1.68 bits per heavy atom. The molecule has 0 heterocycles. The summed E-state index contributed by atoms with van der Waals surface area (Å²) in [5.74, 6) is -0.0146. The topological polar surface area (TPSA) is 123 Å². The van der Waals surface area contributed by atoms with Gasteiger partial charge in [0, 0.05) is 12.5 Å². The average Bonchev–Trinajstić information content (AvgIpc) is 3.14. The molecule has 9 heteroatoms. The van der Waals surface area contributed by atoms with E-state index in [0.717, 1.165) is 5.56 Å². The molecule has 0 fully saturated rings. The Bertz CT molecular complexity index is 1420. The predicted molar refractivity (Wildman–Crippen MR) is 143 cm³/mol. The zero-order valence-corrected chi connectivity index (χ0v) is 21.7. The molecule has 0 aromatic heterocycles. The van der Waals surface area contributed by atoms with Crippen LogP contribution in [0.25, 0.3) is 11.1 Å². The van der Waals surface area contributed by atoms with E-state index in [1.54, 1.807) is 49.6 Å². The number of aliphatic carboxylic acids is 1. The van der Waals surface area contributed by atoms with E-state index >= 15 is 0 Å². The van der Waals surface area contributed by atoms with Crippen LogP contribution < -0.4 is 30.3 Å². The number of benzene rings is 2. The lowest BCUT2D eigenvalue weighted by atomic mass is 9.95. The molecule has 198 valence electrons. The summed E-state index contributed by atoms with van der Waals surface area (Å²) in [5, 5.41) is 15.7. The molecule has 3 N–H and O–H groups in total. The Labute approximate surface area is 220 Å². The van der Waals surface area contributed by atoms with Gasteiger partial charge in [0.05, 0.1) is 33.1 Å². The van der Waals surface area contributed by atoms with E-state index in [0.29, 0.717) is 52.3 Å². The van der Waals surface area contributed by atoms with E-state index in [4.69, 9.17) is 14.2 Å². The van der Waals surface area contributed by atoms with Gasteiger partial charge in [0.15, 0.2) is 17.5 Å². The van der Waals surface area contributed by atoms with E-state index in [2.05, 4.69) is 10.6 Å². The van der Waals surface area contributed by atoms with Crippen LogP contribution in [-0.4, -0.2) is 38.3 Å². The lowest BCUT2D eigenvalue weighted by Gasteiger charge is -2.19. The van der Waals surface area contributed by atoms with Crippen molar-refractivity contribution >= 4 is 17.6 Å². The number of hydrogen-bond donors (Lipinski definition) is 3. The predicted octanol–water partition coefficient (Wildman–Crippen LogP) is 4.10. The Morgan fingerprint density at radius 1 is 0.974 bits per heavy atom. The first-order valence-corrected chi connectivity index (χ1v) is 12.1. The van der Waals surface area contributed by atoms with E-state index in [9.17, 15) is 19.5 Å². The Kier molecular flexibility index (Phi) is 7.85. The fourth-order valence-corrected chi connectivity index (χ4v) is 4.92. The smallest absolute Gasteiger partial charge is 0.330 e. The van der Waals surface area contributed by atoms with Crippen molar-refractivity contribution in [3.05, 3.63) is 81.5 Å². The quantitative estimate of drug-likeness (QED) is 0.407. The van der Waals surface area contributed by atoms with Crippen LogP contribution in [0.15, 0.2) is 59.4 Å². The minimum atomic E-state index is -1.14. The molecular weight excluding hydrogens is 488 g/mol. The van der Waals surface area contributed by atoms with Gasteiger partial charge in [-0.2, -0.15) is 0 Å². The van der Waals surface area contributed by atoms with E-state index in [-0.39, 0.29) is 11.6 Å². The zero-order chi connectivity index (χ0) is 27.4. The highest BCUT2D eigenvalue weighted by atomic mass is 16.5. The molecule has 2 atom stereocenters. The molecule has 0 spiro atoms. The van der Waals surface area contributed by atoms with Crippen LogP contribution in [0.1, 0.15) is 42.1 Å². The molecule has 0 saturated heterocycles. The molecule has 0 radical (unpaired) electrons. The molecule has 9 nitrogen and oxygen atoms in total. The summed E-state index contributed by atoms with van der Waals surface area (Å²) in [6.07, 6.45) is 1.09. The summed E-state index contributed by atoms with van der Waals surface area (Å²) in [4.78, 5) is 37.7. The Balaban J connectivity index is 1.96. The summed E-state index contributed by atoms with van der Waals surface area (Å²) in [7, 11) is 4.59. The largest absolute Gasteiger partial charge is 0.493 e. The van der Waals surface area contributed by atoms with Crippen LogP contribution in [0.4, 0.5) is 5.69 Å². The first-order valence-electron chi connectivity index (χ1n) is 12.1. The molecule has 1 aliphatic carbocycles. The van der Waals surface area contributed by atoms with Gasteiger partial charge in [-0.1, -0.05) is 36.4 Å². The molecule has 0 bridgehead atoms. The number of ether oxygens (including phenoxy) is 3. The lowest BCUT2D eigenvalue weighted by molar-refractivity contribution is -0.138. The number of rotatable bonds is 8. The van der Waals surface area contributed by atoms with E-state index < -0.39 is 23.5 Å². The van der Waals surface area contributed by atoms with Crippen LogP contribution in [0.3, 0.4) is 0 Å². The molecular formula is C29H30N2O7. The molecule has 0 unspecified atom stereocenters. The van der Waals surface area contributed by atoms with Crippen molar-refractivity contribution in [1.29, 1.82) is 0 Å². The van der Waals surface area contributed by atoms with Crippen molar-refractivity contribution in [2.24, 2.45) is 0 Å². The lowest BCUT2D eigenvalue weighted by Crippen LogP contribution is -2.27. The van der Waals surface area contributed by atoms with Crippen molar-refractivity contribution in [3.63, 3.8) is 0 Å². The summed E-state index contributed by atoms with van der Waals surface area (Å²) >= 11 is 0. The van der Waals surface area contributed by atoms with Crippen molar-refractivity contribution in [3.8, 4) is 28.4 Å². The first kappa shape index (κ1) is 26.5. The number of anilines is 1. The molecule has 1 amide bonds. The SMILES string of the molecule is COc1cc2c(c(OC)c1OC)-c1ccc(N[C@@H](C(=O)O)c3ccccc3)c(=O)cc1[C@@H](NC(C)=O)CC2.